The van der Waals surface area contributed by atoms with Crippen LogP contribution in [-0.4, -0.2) is 39.7 Å². The van der Waals surface area contributed by atoms with Crippen LogP contribution in [0.2, 0.25) is 5.15 Å². The molecule has 0 spiro atoms. The Bertz CT molecular complexity index is 557. The van der Waals surface area contributed by atoms with Gasteiger partial charge in [-0.1, -0.05) is 18.5 Å². The van der Waals surface area contributed by atoms with Gasteiger partial charge in [0.05, 0.1) is 0 Å². The van der Waals surface area contributed by atoms with Gasteiger partial charge in [-0.05, 0) is 52.4 Å². The minimum absolute atomic E-state index is 0.223. The van der Waals surface area contributed by atoms with Gasteiger partial charge in [-0.3, -0.25) is 0 Å². The van der Waals surface area contributed by atoms with Crippen LogP contribution in [0.4, 0.5) is 4.79 Å². The lowest BCUT2D eigenvalue weighted by Crippen LogP contribution is -2.43. The predicted molar refractivity (Wildman–Crippen MR) is 90.7 cm³/mol. The van der Waals surface area contributed by atoms with Crippen LogP contribution in [-0.2, 0) is 17.6 Å². The third-order valence-corrected chi connectivity index (χ3v) is 4.31. The second kappa shape index (κ2) is 7.47. The van der Waals surface area contributed by atoms with E-state index < -0.39 is 5.60 Å². The lowest BCUT2D eigenvalue weighted by atomic mass is 9.92. The highest BCUT2D eigenvalue weighted by atomic mass is 35.5. The smallest absolute Gasteiger partial charge is 0.410 e. The van der Waals surface area contributed by atoms with Crippen molar-refractivity contribution in [3.63, 3.8) is 0 Å². The molecule has 2 heterocycles. The number of piperidine rings is 1. The van der Waals surface area contributed by atoms with Crippen molar-refractivity contribution in [3.05, 3.63) is 22.7 Å². The van der Waals surface area contributed by atoms with Crippen molar-refractivity contribution in [2.24, 2.45) is 5.92 Å². The van der Waals surface area contributed by atoms with Crippen molar-refractivity contribution < 1.29 is 9.53 Å². The molecular formula is C17H26ClN3O2. The Morgan fingerprint density at radius 1 is 1.43 bits per heavy atom. The summed E-state index contributed by atoms with van der Waals surface area (Å²) in [5, 5.41) is 0.539. The van der Waals surface area contributed by atoms with Crippen LogP contribution >= 0.6 is 11.6 Å². The topological polar surface area (TPSA) is 55.3 Å². The van der Waals surface area contributed by atoms with E-state index in [0.29, 0.717) is 17.6 Å². The Morgan fingerprint density at radius 2 is 2.17 bits per heavy atom. The molecule has 0 N–H and O–H groups in total. The van der Waals surface area contributed by atoms with Crippen molar-refractivity contribution in [2.45, 2.75) is 59.0 Å². The number of hydrogen-bond acceptors (Lipinski definition) is 4. The molecule has 0 aliphatic carbocycles. The van der Waals surface area contributed by atoms with Gasteiger partial charge in [0, 0.05) is 24.3 Å². The number of rotatable bonds is 3. The number of likely N-dealkylation sites (tertiary alicyclic amines) is 1. The summed E-state index contributed by atoms with van der Waals surface area (Å²) in [5.41, 5.74) is 1.56. The average molecular weight is 340 g/mol. The van der Waals surface area contributed by atoms with E-state index in [2.05, 4.69) is 16.9 Å². The molecule has 0 saturated carbocycles. The second-order valence-electron chi connectivity index (χ2n) is 7.08. The van der Waals surface area contributed by atoms with Crippen molar-refractivity contribution in [1.29, 1.82) is 0 Å². The maximum absolute atomic E-state index is 12.2. The SMILES string of the molecule is CCc1c(Cl)ncnc1C[C@@H]1CCCN(C(=O)OC(C)(C)C)C1. The standard InChI is InChI=1S/C17H26ClN3O2/c1-5-13-14(19-11-20-15(13)18)9-12-7-6-8-21(10-12)16(22)23-17(2,3)4/h11-12H,5-10H2,1-4H3/t12-/m0/s1. The van der Waals surface area contributed by atoms with Gasteiger partial charge < -0.3 is 9.64 Å². The molecule has 1 aliphatic rings. The van der Waals surface area contributed by atoms with E-state index in [4.69, 9.17) is 16.3 Å². The van der Waals surface area contributed by atoms with Crippen LogP contribution in [0.3, 0.4) is 0 Å². The first-order chi connectivity index (χ1) is 10.8. The number of carbonyl (C=O) groups excluding carboxylic acids is 1. The molecule has 1 aromatic heterocycles. The molecule has 1 aliphatic heterocycles. The monoisotopic (exact) mass is 339 g/mol. The van der Waals surface area contributed by atoms with Gasteiger partial charge in [0.1, 0.15) is 17.1 Å². The molecule has 0 aromatic carbocycles. The fourth-order valence-electron chi connectivity index (χ4n) is 2.95. The molecule has 128 valence electrons. The molecule has 1 aromatic rings. The van der Waals surface area contributed by atoms with E-state index in [1.54, 1.807) is 0 Å². The zero-order chi connectivity index (χ0) is 17.0. The van der Waals surface area contributed by atoms with Crippen LogP contribution in [0.25, 0.3) is 0 Å². The Morgan fingerprint density at radius 3 is 2.83 bits per heavy atom. The minimum atomic E-state index is -0.459. The zero-order valence-corrected chi connectivity index (χ0v) is 15.2. The van der Waals surface area contributed by atoms with Crippen LogP contribution < -0.4 is 0 Å². The van der Waals surface area contributed by atoms with E-state index in [0.717, 1.165) is 43.5 Å². The van der Waals surface area contributed by atoms with E-state index in [1.165, 1.54) is 6.33 Å². The van der Waals surface area contributed by atoms with Crippen LogP contribution in [0.15, 0.2) is 6.33 Å². The minimum Gasteiger partial charge on any atom is -0.444 e. The summed E-state index contributed by atoms with van der Waals surface area (Å²) in [4.78, 5) is 22.5. The van der Waals surface area contributed by atoms with E-state index in [1.807, 2.05) is 25.7 Å². The molecule has 0 radical (unpaired) electrons. The molecule has 1 fully saturated rings. The summed E-state index contributed by atoms with van der Waals surface area (Å²) < 4.78 is 5.48. The summed E-state index contributed by atoms with van der Waals surface area (Å²) in [6.45, 7) is 9.20. The van der Waals surface area contributed by atoms with E-state index >= 15 is 0 Å². The number of halogens is 1. The van der Waals surface area contributed by atoms with Crippen LogP contribution in [0.1, 0.15) is 51.8 Å². The molecule has 6 heteroatoms. The molecule has 23 heavy (non-hydrogen) atoms. The number of carbonyl (C=O) groups is 1. The van der Waals surface area contributed by atoms with Gasteiger partial charge >= 0.3 is 6.09 Å². The second-order valence-corrected chi connectivity index (χ2v) is 7.44. The first-order valence-corrected chi connectivity index (χ1v) is 8.64. The summed E-state index contributed by atoms with van der Waals surface area (Å²) in [6, 6.07) is 0. The normalized spacial score (nSPS) is 18.8. The van der Waals surface area contributed by atoms with Gasteiger partial charge in [0.2, 0.25) is 0 Å². The van der Waals surface area contributed by atoms with Gasteiger partial charge in [-0.25, -0.2) is 14.8 Å². The third-order valence-electron chi connectivity index (χ3n) is 3.99. The Balaban J connectivity index is 2.02. The van der Waals surface area contributed by atoms with Crippen molar-refractivity contribution in [3.8, 4) is 0 Å². The maximum Gasteiger partial charge on any atom is 0.410 e. The van der Waals surface area contributed by atoms with Crippen molar-refractivity contribution >= 4 is 17.7 Å². The molecule has 1 atom stereocenters. The summed E-state index contributed by atoms with van der Waals surface area (Å²) in [5.74, 6) is 0.382. The number of nitrogens with zero attached hydrogens (tertiary/aromatic N) is 3. The van der Waals surface area contributed by atoms with Gasteiger partial charge in [0.15, 0.2) is 0 Å². The van der Waals surface area contributed by atoms with E-state index in [-0.39, 0.29) is 6.09 Å². The van der Waals surface area contributed by atoms with Crippen molar-refractivity contribution in [2.75, 3.05) is 13.1 Å². The molecule has 2 rings (SSSR count). The highest BCUT2D eigenvalue weighted by Gasteiger charge is 2.28. The Hall–Kier alpha value is -1.36. The predicted octanol–water partition coefficient (Wildman–Crippen LogP) is 3.88. The average Bonchev–Trinajstić information content (AvgIpc) is 2.46. The number of amides is 1. The first-order valence-electron chi connectivity index (χ1n) is 8.26. The highest BCUT2D eigenvalue weighted by molar-refractivity contribution is 6.30. The molecule has 1 saturated heterocycles. The van der Waals surface area contributed by atoms with Crippen LogP contribution in [0, 0.1) is 5.92 Å². The Kier molecular flexibility index (Phi) is 5.84. The molecule has 0 bridgehead atoms. The quantitative estimate of drug-likeness (QED) is 0.784. The molecule has 1 amide bonds. The van der Waals surface area contributed by atoms with Gasteiger partial charge in [-0.2, -0.15) is 0 Å². The lowest BCUT2D eigenvalue weighted by molar-refractivity contribution is 0.0165. The summed E-state index contributed by atoms with van der Waals surface area (Å²) in [7, 11) is 0. The first kappa shape index (κ1) is 18.0. The highest BCUT2D eigenvalue weighted by Crippen LogP contribution is 2.25. The summed E-state index contributed by atoms with van der Waals surface area (Å²) >= 11 is 6.16. The fraction of sp³-hybridized carbons (Fsp3) is 0.706. The largest absolute Gasteiger partial charge is 0.444 e. The third kappa shape index (κ3) is 5.06. The molecular weight excluding hydrogens is 314 g/mol. The van der Waals surface area contributed by atoms with E-state index in [9.17, 15) is 4.79 Å². The van der Waals surface area contributed by atoms with Crippen molar-refractivity contribution in [1.82, 2.24) is 14.9 Å². The lowest BCUT2D eigenvalue weighted by Gasteiger charge is -2.34. The van der Waals surface area contributed by atoms with Gasteiger partial charge in [-0.15, -0.1) is 0 Å². The number of hydrogen-bond donors (Lipinski definition) is 0. The molecule has 5 nitrogen and oxygen atoms in total. The van der Waals surface area contributed by atoms with Crippen LogP contribution in [0.5, 0.6) is 0 Å². The summed E-state index contributed by atoms with van der Waals surface area (Å²) in [6.07, 6.45) is 5.01. The van der Waals surface area contributed by atoms with Gasteiger partial charge in [0.25, 0.3) is 0 Å². The maximum atomic E-state index is 12.2. The zero-order valence-electron chi connectivity index (χ0n) is 14.4. The molecule has 0 unspecified atom stereocenters. The Labute approximate surface area is 143 Å². The number of ether oxygens (including phenoxy) is 1. The fourth-order valence-corrected chi connectivity index (χ4v) is 3.23. The number of aromatic nitrogens is 2.